The van der Waals surface area contributed by atoms with E-state index >= 15 is 0 Å². The number of rotatable bonds is 5. The van der Waals surface area contributed by atoms with Gasteiger partial charge in [0.15, 0.2) is 16.2 Å². The van der Waals surface area contributed by atoms with Gasteiger partial charge in [-0.3, -0.25) is 9.59 Å². The quantitative estimate of drug-likeness (QED) is 0.442. The summed E-state index contributed by atoms with van der Waals surface area (Å²) in [7, 11) is 0. The molecular formula is C25H25BrN2O3. The largest absolute Gasteiger partial charge is 0.444 e. The number of carbonyl (C=O) groups excluding carboxylic acids is 2. The summed E-state index contributed by atoms with van der Waals surface area (Å²) < 4.78 is 5.88. The molecule has 0 saturated carbocycles. The minimum atomic E-state index is -0.329. The number of benzene rings is 2. The van der Waals surface area contributed by atoms with Gasteiger partial charge in [0.2, 0.25) is 0 Å². The lowest BCUT2D eigenvalue weighted by Gasteiger charge is -2.35. The van der Waals surface area contributed by atoms with Crippen molar-refractivity contribution in [2.75, 3.05) is 23.3 Å². The van der Waals surface area contributed by atoms with Gasteiger partial charge in [0.05, 0.1) is 0 Å². The lowest BCUT2D eigenvalue weighted by molar-refractivity contribution is 0.0990. The number of halogens is 1. The highest BCUT2D eigenvalue weighted by Crippen LogP contribution is 2.36. The standard InChI is InChI=1S/C25H25BrN2O3/c1-16-5-3-4-6-22(16)28-13-11-18(12-14-28)20-8-7-19(17(2)29)15-21(20)27-25(30)23-9-10-24(26)31-23/h3-10,15,18H,11-14H2,1-2H3,(H,27,30). The second-order valence-corrected chi connectivity index (χ2v) is 8.75. The highest BCUT2D eigenvalue weighted by molar-refractivity contribution is 9.10. The van der Waals surface area contributed by atoms with Gasteiger partial charge in [0, 0.05) is 30.0 Å². The molecule has 1 aliphatic rings. The molecule has 1 aliphatic heterocycles. The van der Waals surface area contributed by atoms with E-state index in [1.807, 2.05) is 12.1 Å². The number of amides is 1. The number of nitrogens with zero attached hydrogens (tertiary/aromatic N) is 1. The molecule has 0 unspecified atom stereocenters. The van der Waals surface area contributed by atoms with Crippen LogP contribution < -0.4 is 10.2 Å². The van der Waals surface area contributed by atoms with E-state index in [-0.39, 0.29) is 17.5 Å². The van der Waals surface area contributed by atoms with Crippen molar-refractivity contribution in [1.82, 2.24) is 0 Å². The molecule has 1 amide bonds. The first-order valence-electron chi connectivity index (χ1n) is 10.4. The van der Waals surface area contributed by atoms with E-state index in [1.54, 1.807) is 18.2 Å². The number of piperidine rings is 1. The van der Waals surface area contributed by atoms with Crippen LogP contribution in [0.3, 0.4) is 0 Å². The van der Waals surface area contributed by atoms with Crippen LogP contribution in [-0.4, -0.2) is 24.8 Å². The summed E-state index contributed by atoms with van der Waals surface area (Å²) in [5.74, 6) is 0.169. The Kier molecular flexibility index (Phi) is 6.28. The number of carbonyl (C=O) groups is 2. The summed E-state index contributed by atoms with van der Waals surface area (Å²) in [5.41, 5.74) is 4.89. The first-order valence-corrected chi connectivity index (χ1v) is 11.2. The Bertz CT molecular complexity index is 1110. The van der Waals surface area contributed by atoms with Gasteiger partial charge >= 0.3 is 0 Å². The number of hydrogen-bond acceptors (Lipinski definition) is 4. The van der Waals surface area contributed by atoms with Crippen LogP contribution in [0.2, 0.25) is 0 Å². The van der Waals surface area contributed by atoms with Crippen molar-refractivity contribution in [3.8, 4) is 0 Å². The van der Waals surface area contributed by atoms with Crippen LogP contribution in [0.1, 0.15) is 57.7 Å². The van der Waals surface area contributed by atoms with Crippen LogP contribution in [0.5, 0.6) is 0 Å². The summed E-state index contributed by atoms with van der Waals surface area (Å²) in [5, 5.41) is 2.97. The molecule has 0 aliphatic carbocycles. The highest BCUT2D eigenvalue weighted by Gasteiger charge is 2.25. The van der Waals surface area contributed by atoms with Gasteiger partial charge in [-0.15, -0.1) is 0 Å². The number of Topliss-reactive ketones (excluding diaryl/α,β-unsaturated/α-hetero) is 1. The van der Waals surface area contributed by atoms with Gasteiger partial charge < -0.3 is 14.6 Å². The monoisotopic (exact) mass is 480 g/mol. The SMILES string of the molecule is CC(=O)c1ccc(C2CCN(c3ccccc3C)CC2)c(NC(=O)c2ccc(Br)o2)c1. The molecule has 5 nitrogen and oxygen atoms in total. The number of anilines is 2. The van der Waals surface area contributed by atoms with E-state index in [1.165, 1.54) is 18.2 Å². The van der Waals surface area contributed by atoms with E-state index in [9.17, 15) is 9.59 Å². The third-order valence-corrected chi connectivity index (χ3v) is 6.32. The number of hydrogen-bond donors (Lipinski definition) is 1. The first kappa shape index (κ1) is 21.4. The van der Waals surface area contributed by atoms with Crippen LogP contribution in [0.15, 0.2) is 63.7 Å². The zero-order chi connectivity index (χ0) is 22.0. The minimum absolute atomic E-state index is 0.0304. The summed E-state index contributed by atoms with van der Waals surface area (Å²) >= 11 is 3.23. The molecular weight excluding hydrogens is 456 g/mol. The van der Waals surface area contributed by atoms with Gasteiger partial charge in [0.25, 0.3) is 5.91 Å². The fourth-order valence-electron chi connectivity index (χ4n) is 4.21. The molecule has 31 heavy (non-hydrogen) atoms. The average Bonchev–Trinajstić information content (AvgIpc) is 3.21. The first-order chi connectivity index (χ1) is 14.9. The summed E-state index contributed by atoms with van der Waals surface area (Å²) in [6.45, 7) is 5.57. The average molecular weight is 481 g/mol. The summed E-state index contributed by atoms with van der Waals surface area (Å²) in [4.78, 5) is 27.1. The number of furan rings is 1. The molecule has 0 spiro atoms. The maximum atomic E-state index is 12.7. The van der Waals surface area contributed by atoms with Crippen molar-refractivity contribution >= 4 is 39.0 Å². The van der Waals surface area contributed by atoms with E-state index in [2.05, 4.69) is 57.3 Å². The number of para-hydroxylation sites is 1. The molecule has 1 fully saturated rings. The predicted molar refractivity (Wildman–Crippen MR) is 126 cm³/mol. The second-order valence-electron chi connectivity index (χ2n) is 7.96. The summed E-state index contributed by atoms with van der Waals surface area (Å²) in [6.07, 6.45) is 1.95. The van der Waals surface area contributed by atoms with Crippen LogP contribution in [0.4, 0.5) is 11.4 Å². The fourth-order valence-corrected chi connectivity index (χ4v) is 4.52. The Balaban J connectivity index is 1.56. The van der Waals surface area contributed by atoms with Crippen LogP contribution in [-0.2, 0) is 0 Å². The molecule has 2 heterocycles. The molecule has 1 aromatic heterocycles. The normalized spacial score (nSPS) is 14.5. The molecule has 1 saturated heterocycles. The Morgan fingerprint density at radius 1 is 1.06 bits per heavy atom. The maximum Gasteiger partial charge on any atom is 0.291 e. The van der Waals surface area contributed by atoms with Crippen molar-refractivity contribution < 1.29 is 14.0 Å². The molecule has 160 valence electrons. The predicted octanol–water partition coefficient (Wildman–Crippen LogP) is 6.19. The molecule has 3 aromatic rings. The van der Waals surface area contributed by atoms with Crippen molar-refractivity contribution in [1.29, 1.82) is 0 Å². The molecule has 6 heteroatoms. The van der Waals surface area contributed by atoms with Crippen molar-refractivity contribution in [3.05, 3.63) is 81.7 Å². The Hall–Kier alpha value is -2.86. The smallest absolute Gasteiger partial charge is 0.291 e. The number of ketones is 1. The van der Waals surface area contributed by atoms with Crippen molar-refractivity contribution in [2.24, 2.45) is 0 Å². The summed E-state index contributed by atoms with van der Waals surface area (Å²) in [6, 6.07) is 17.4. The molecule has 2 aromatic carbocycles. The number of nitrogens with one attached hydrogen (secondary N) is 1. The van der Waals surface area contributed by atoms with Gasteiger partial charge in [-0.25, -0.2) is 0 Å². The molecule has 0 atom stereocenters. The highest BCUT2D eigenvalue weighted by atomic mass is 79.9. The Labute approximate surface area is 190 Å². The topological polar surface area (TPSA) is 62.6 Å². The van der Waals surface area contributed by atoms with E-state index in [0.29, 0.717) is 21.8 Å². The fraction of sp³-hybridized carbons (Fsp3) is 0.280. The lowest BCUT2D eigenvalue weighted by atomic mass is 9.87. The van der Waals surface area contributed by atoms with Gasteiger partial charge in [0.1, 0.15) is 0 Å². The lowest BCUT2D eigenvalue weighted by Crippen LogP contribution is -2.33. The third kappa shape index (κ3) is 4.74. The Morgan fingerprint density at radius 3 is 2.45 bits per heavy atom. The molecule has 0 radical (unpaired) electrons. The number of aryl methyl sites for hydroxylation is 1. The molecule has 4 rings (SSSR count). The van der Waals surface area contributed by atoms with E-state index < -0.39 is 0 Å². The maximum absolute atomic E-state index is 12.7. The van der Waals surface area contributed by atoms with E-state index in [0.717, 1.165) is 31.5 Å². The van der Waals surface area contributed by atoms with Crippen molar-refractivity contribution in [2.45, 2.75) is 32.6 Å². The van der Waals surface area contributed by atoms with Gasteiger partial charge in [-0.1, -0.05) is 30.3 Å². The zero-order valence-corrected chi connectivity index (χ0v) is 19.2. The molecule has 0 bridgehead atoms. The van der Waals surface area contributed by atoms with Crippen molar-refractivity contribution in [3.63, 3.8) is 0 Å². The van der Waals surface area contributed by atoms with Gasteiger partial charge in [-0.2, -0.15) is 0 Å². The van der Waals surface area contributed by atoms with Crippen LogP contribution in [0, 0.1) is 6.92 Å². The van der Waals surface area contributed by atoms with Crippen LogP contribution >= 0.6 is 15.9 Å². The third-order valence-electron chi connectivity index (χ3n) is 5.90. The van der Waals surface area contributed by atoms with Crippen LogP contribution in [0.25, 0.3) is 0 Å². The zero-order valence-electron chi connectivity index (χ0n) is 17.7. The van der Waals surface area contributed by atoms with E-state index in [4.69, 9.17) is 4.42 Å². The second kappa shape index (κ2) is 9.10. The minimum Gasteiger partial charge on any atom is -0.444 e. The Morgan fingerprint density at radius 2 is 1.81 bits per heavy atom. The van der Waals surface area contributed by atoms with Gasteiger partial charge in [-0.05, 0) is 83.9 Å². The molecule has 1 N–H and O–H groups in total.